The average Bonchev–Trinajstić information content (AvgIpc) is 2.84. The first-order chi connectivity index (χ1) is 15.1. The molecular weight excluding hydrogens is 390 g/mol. The normalized spacial score (nSPS) is 10.4. The summed E-state index contributed by atoms with van der Waals surface area (Å²) in [4.78, 5) is 26.4. The Morgan fingerprint density at radius 1 is 0.806 bits per heavy atom. The minimum Gasteiger partial charge on any atom is -0.495 e. The Bertz CT molecular complexity index is 1000. The summed E-state index contributed by atoms with van der Waals surface area (Å²) in [5, 5.41) is 0. The quantitative estimate of drug-likeness (QED) is 0.297. The molecule has 0 radical (unpaired) electrons. The number of anilines is 1. The van der Waals surface area contributed by atoms with Gasteiger partial charge >= 0.3 is 11.9 Å². The van der Waals surface area contributed by atoms with Crippen molar-refractivity contribution in [3.63, 3.8) is 0 Å². The van der Waals surface area contributed by atoms with Crippen LogP contribution in [0.5, 0.6) is 5.75 Å². The van der Waals surface area contributed by atoms with Crippen LogP contribution in [0.1, 0.15) is 18.4 Å². The number of unbranched alkanes of at least 4 members (excludes halogenated alkanes) is 1. The lowest BCUT2D eigenvalue weighted by molar-refractivity contribution is -0.151. The number of methoxy groups -OCH3 is 2. The Labute approximate surface area is 183 Å². The zero-order valence-electron chi connectivity index (χ0n) is 17.9. The summed E-state index contributed by atoms with van der Waals surface area (Å²) in [7, 11) is 2.77. The van der Waals surface area contributed by atoms with Crippen molar-refractivity contribution in [2.75, 3.05) is 25.7 Å². The molecule has 0 fully saturated rings. The number of hydrogen-bond donors (Lipinski definition) is 0. The van der Waals surface area contributed by atoms with Crippen molar-refractivity contribution in [3.05, 3.63) is 84.4 Å². The molecule has 0 heterocycles. The number of aryl methyl sites for hydroxylation is 1. The highest BCUT2D eigenvalue weighted by molar-refractivity contribution is 6.38. The third-order valence-electron chi connectivity index (χ3n) is 5.12. The van der Waals surface area contributed by atoms with Gasteiger partial charge in [0.25, 0.3) is 0 Å². The van der Waals surface area contributed by atoms with E-state index in [4.69, 9.17) is 9.47 Å². The molecule has 5 heteroatoms. The maximum atomic E-state index is 12.9. The molecule has 160 valence electrons. The number of rotatable bonds is 8. The Kier molecular flexibility index (Phi) is 7.82. The fourth-order valence-corrected chi connectivity index (χ4v) is 3.48. The van der Waals surface area contributed by atoms with E-state index >= 15 is 0 Å². The van der Waals surface area contributed by atoms with Crippen LogP contribution in [-0.4, -0.2) is 32.6 Å². The summed E-state index contributed by atoms with van der Waals surface area (Å²) >= 11 is 0. The Hall–Kier alpha value is -3.60. The van der Waals surface area contributed by atoms with E-state index in [-0.39, 0.29) is 0 Å². The summed E-state index contributed by atoms with van der Waals surface area (Å²) in [6.45, 7) is 0.384. The van der Waals surface area contributed by atoms with E-state index < -0.39 is 11.9 Å². The molecule has 0 atom stereocenters. The first-order valence-electron chi connectivity index (χ1n) is 10.3. The van der Waals surface area contributed by atoms with Crippen LogP contribution in [0.25, 0.3) is 11.1 Å². The van der Waals surface area contributed by atoms with Gasteiger partial charge in [-0.1, -0.05) is 66.7 Å². The summed E-state index contributed by atoms with van der Waals surface area (Å²) in [6, 6.07) is 25.7. The fourth-order valence-electron chi connectivity index (χ4n) is 3.48. The third kappa shape index (κ3) is 5.72. The van der Waals surface area contributed by atoms with Crippen LogP contribution >= 0.6 is 0 Å². The van der Waals surface area contributed by atoms with E-state index in [0.29, 0.717) is 18.0 Å². The van der Waals surface area contributed by atoms with Gasteiger partial charge in [0.2, 0.25) is 0 Å². The second-order valence-corrected chi connectivity index (χ2v) is 7.14. The van der Waals surface area contributed by atoms with Gasteiger partial charge in [-0.2, -0.15) is 0 Å². The molecule has 0 aliphatic heterocycles. The van der Waals surface area contributed by atoms with E-state index in [1.54, 1.807) is 7.11 Å². The molecule has 0 saturated heterocycles. The van der Waals surface area contributed by atoms with Crippen LogP contribution in [0.3, 0.4) is 0 Å². The van der Waals surface area contributed by atoms with Crippen molar-refractivity contribution in [3.8, 4) is 16.9 Å². The minimum atomic E-state index is -0.893. The zero-order chi connectivity index (χ0) is 22.1. The smallest absolute Gasteiger partial charge is 0.397 e. The molecule has 0 aliphatic carbocycles. The molecule has 0 bridgehead atoms. The summed E-state index contributed by atoms with van der Waals surface area (Å²) in [5.41, 5.74) is 3.75. The first kappa shape index (κ1) is 22.1. The molecule has 0 aromatic heterocycles. The van der Waals surface area contributed by atoms with Gasteiger partial charge in [0.15, 0.2) is 0 Å². The number of carbonyl (C=O) groups is 2. The molecule has 1 amide bonds. The van der Waals surface area contributed by atoms with Crippen LogP contribution in [0.15, 0.2) is 78.9 Å². The molecule has 0 N–H and O–H groups in total. The van der Waals surface area contributed by atoms with E-state index in [1.165, 1.54) is 17.6 Å². The lowest BCUT2D eigenvalue weighted by atomic mass is 10.0. The molecule has 5 nitrogen and oxygen atoms in total. The highest BCUT2D eigenvalue weighted by atomic mass is 16.5. The van der Waals surface area contributed by atoms with Crippen molar-refractivity contribution < 1.29 is 19.1 Å². The molecule has 3 aromatic carbocycles. The maximum Gasteiger partial charge on any atom is 0.397 e. The SMILES string of the molecule is COC(=O)C(=O)N(CCCCc1ccccc1)c1cc(-c2ccccc2)ccc1OC. The largest absolute Gasteiger partial charge is 0.495 e. The highest BCUT2D eigenvalue weighted by Crippen LogP contribution is 2.34. The number of nitrogens with zero attached hydrogens (tertiary/aromatic N) is 1. The van der Waals surface area contributed by atoms with Gasteiger partial charge in [-0.15, -0.1) is 0 Å². The van der Waals surface area contributed by atoms with Gasteiger partial charge < -0.3 is 9.47 Å². The predicted octanol–water partition coefficient (Wildman–Crippen LogP) is 4.89. The number of esters is 1. The molecule has 3 aromatic rings. The number of ether oxygens (including phenoxy) is 2. The highest BCUT2D eigenvalue weighted by Gasteiger charge is 2.26. The number of amides is 1. The fraction of sp³-hybridized carbons (Fsp3) is 0.231. The second-order valence-electron chi connectivity index (χ2n) is 7.14. The van der Waals surface area contributed by atoms with Crippen molar-refractivity contribution >= 4 is 17.6 Å². The Morgan fingerprint density at radius 2 is 1.48 bits per heavy atom. The summed E-state index contributed by atoms with van der Waals surface area (Å²) < 4.78 is 10.2. The minimum absolute atomic E-state index is 0.384. The average molecular weight is 418 g/mol. The molecule has 3 rings (SSSR count). The Balaban J connectivity index is 1.85. The molecule has 0 aliphatic rings. The molecule has 0 unspecified atom stereocenters. The number of benzene rings is 3. The van der Waals surface area contributed by atoms with Crippen molar-refractivity contribution in [1.29, 1.82) is 0 Å². The van der Waals surface area contributed by atoms with Gasteiger partial charge in [0.05, 0.1) is 19.9 Å². The Morgan fingerprint density at radius 3 is 2.13 bits per heavy atom. The summed E-state index contributed by atoms with van der Waals surface area (Å²) in [5.74, 6) is -1.07. The third-order valence-corrected chi connectivity index (χ3v) is 5.12. The van der Waals surface area contributed by atoms with Gasteiger partial charge in [-0.3, -0.25) is 9.69 Å². The monoisotopic (exact) mass is 417 g/mol. The molecule has 0 saturated carbocycles. The van der Waals surface area contributed by atoms with Crippen molar-refractivity contribution in [2.45, 2.75) is 19.3 Å². The zero-order valence-corrected chi connectivity index (χ0v) is 17.9. The van der Waals surface area contributed by atoms with Gasteiger partial charge in [-0.05, 0) is 48.1 Å². The van der Waals surface area contributed by atoms with Crippen molar-refractivity contribution in [2.24, 2.45) is 0 Å². The lowest BCUT2D eigenvalue weighted by Crippen LogP contribution is -2.38. The second kappa shape index (κ2) is 11.0. The number of hydrogen-bond acceptors (Lipinski definition) is 4. The van der Waals surface area contributed by atoms with Crippen LogP contribution in [0.4, 0.5) is 5.69 Å². The molecular formula is C26H27NO4. The van der Waals surface area contributed by atoms with E-state index in [1.807, 2.05) is 66.7 Å². The molecule has 0 spiro atoms. The van der Waals surface area contributed by atoms with Crippen molar-refractivity contribution in [1.82, 2.24) is 0 Å². The van der Waals surface area contributed by atoms with E-state index in [9.17, 15) is 9.59 Å². The topological polar surface area (TPSA) is 55.8 Å². The van der Waals surface area contributed by atoms with Crippen LogP contribution in [0, 0.1) is 0 Å². The standard InChI is InChI=1S/C26H27NO4/c1-30-24-17-16-22(21-14-7-4-8-15-21)19-23(24)27(25(28)26(29)31-2)18-10-9-13-20-11-5-3-6-12-20/h3-8,11-12,14-17,19H,9-10,13,18H2,1-2H3. The van der Waals surface area contributed by atoms with Gasteiger partial charge in [0, 0.05) is 6.54 Å². The van der Waals surface area contributed by atoms with Crippen LogP contribution in [0.2, 0.25) is 0 Å². The first-order valence-corrected chi connectivity index (χ1v) is 10.3. The predicted molar refractivity (Wildman–Crippen MR) is 122 cm³/mol. The lowest BCUT2D eigenvalue weighted by Gasteiger charge is -2.24. The van der Waals surface area contributed by atoms with E-state index in [0.717, 1.165) is 30.4 Å². The van der Waals surface area contributed by atoms with Gasteiger partial charge in [0.1, 0.15) is 5.75 Å². The molecule has 31 heavy (non-hydrogen) atoms. The number of carbonyl (C=O) groups excluding carboxylic acids is 2. The summed E-state index contributed by atoms with van der Waals surface area (Å²) in [6.07, 6.45) is 2.52. The maximum absolute atomic E-state index is 12.9. The van der Waals surface area contributed by atoms with Gasteiger partial charge in [-0.25, -0.2) is 4.79 Å². The van der Waals surface area contributed by atoms with Crippen LogP contribution in [-0.2, 0) is 20.7 Å². The van der Waals surface area contributed by atoms with Crippen LogP contribution < -0.4 is 9.64 Å². The van der Waals surface area contributed by atoms with E-state index in [2.05, 4.69) is 12.1 Å².